The van der Waals surface area contributed by atoms with E-state index < -0.39 is 17.5 Å². The summed E-state index contributed by atoms with van der Waals surface area (Å²) in [7, 11) is 0. The fourth-order valence-electron chi connectivity index (χ4n) is 4.23. The highest BCUT2D eigenvalue weighted by Gasteiger charge is 2.50. The topological polar surface area (TPSA) is 78.5 Å². The lowest BCUT2D eigenvalue weighted by molar-refractivity contribution is -0.124. The minimum absolute atomic E-state index is 0.0361. The molecule has 6 nitrogen and oxygen atoms in total. The fraction of sp³-hybridized carbons (Fsp3) is 0.125. The number of carbonyl (C=O) groups is 3. The van der Waals surface area contributed by atoms with Gasteiger partial charge in [-0.25, -0.2) is 9.18 Å². The molecule has 0 spiro atoms. The fourth-order valence-corrected chi connectivity index (χ4v) is 4.41. The number of hydrogen-bond acceptors (Lipinski definition) is 3. The van der Waals surface area contributed by atoms with Gasteiger partial charge in [-0.15, -0.1) is 0 Å². The maximum absolute atomic E-state index is 13.2. The van der Waals surface area contributed by atoms with Crippen LogP contribution in [-0.4, -0.2) is 29.3 Å². The summed E-state index contributed by atoms with van der Waals surface area (Å²) in [5.41, 5.74) is 2.05. The van der Waals surface area contributed by atoms with Crippen molar-refractivity contribution in [2.75, 3.05) is 6.54 Å². The van der Waals surface area contributed by atoms with E-state index in [0.717, 1.165) is 16.7 Å². The highest BCUT2D eigenvalue weighted by atomic mass is 35.5. The highest BCUT2D eigenvalue weighted by molar-refractivity contribution is 6.31. The van der Waals surface area contributed by atoms with E-state index in [4.69, 9.17) is 11.6 Å². The van der Waals surface area contributed by atoms with E-state index in [0.29, 0.717) is 22.7 Å². The molecule has 2 N–H and O–H groups in total. The smallest absolute Gasteiger partial charge is 0.322 e. The Kier molecular flexibility index (Phi) is 4.71. The summed E-state index contributed by atoms with van der Waals surface area (Å²) in [5.74, 6) is -1.11. The molecule has 4 amide bonds. The Hall–Kier alpha value is -3.71. The van der Waals surface area contributed by atoms with Crippen LogP contribution in [0.25, 0.3) is 11.1 Å². The molecule has 1 atom stereocenters. The molecule has 2 heterocycles. The summed E-state index contributed by atoms with van der Waals surface area (Å²) in [6.07, 6.45) is 0. The van der Waals surface area contributed by atoms with Gasteiger partial charge in [0.25, 0.3) is 11.8 Å². The molecule has 0 aliphatic carbocycles. The van der Waals surface area contributed by atoms with E-state index in [-0.39, 0.29) is 18.3 Å². The van der Waals surface area contributed by atoms with Crippen LogP contribution < -0.4 is 10.6 Å². The van der Waals surface area contributed by atoms with E-state index in [2.05, 4.69) is 10.6 Å². The van der Waals surface area contributed by atoms with Crippen molar-refractivity contribution in [2.45, 2.75) is 12.1 Å². The van der Waals surface area contributed by atoms with Crippen LogP contribution in [0.2, 0.25) is 5.02 Å². The third kappa shape index (κ3) is 3.31. The summed E-state index contributed by atoms with van der Waals surface area (Å²) in [6.45, 7) is 0.273. The zero-order valence-corrected chi connectivity index (χ0v) is 17.4. The molecule has 3 aromatic carbocycles. The van der Waals surface area contributed by atoms with Gasteiger partial charge in [0.15, 0.2) is 5.54 Å². The van der Waals surface area contributed by atoms with Crippen LogP contribution in [-0.2, 0) is 16.9 Å². The number of imide groups is 1. The molecule has 1 fully saturated rings. The standard InChI is InChI=1S/C24H17ClFN3O3/c25-18-8-3-16-12-29(21(30)20(16)11-18)13-24(22(31)27-23(32)28-24)17-6-1-14(2-7-17)15-4-9-19(26)10-5-15/h1-11H,12-13H2,(H2,27,28,31,32)/t24-/m0/s1. The van der Waals surface area contributed by atoms with Crippen LogP contribution >= 0.6 is 11.6 Å². The molecular weight excluding hydrogens is 433 g/mol. The van der Waals surface area contributed by atoms with Gasteiger partial charge in [0, 0.05) is 17.1 Å². The molecule has 0 bridgehead atoms. The van der Waals surface area contributed by atoms with Crippen LogP contribution in [0.5, 0.6) is 0 Å². The van der Waals surface area contributed by atoms with E-state index in [1.54, 1.807) is 54.6 Å². The Morgan fingerprint density at radius 1 is 0.938 bits per heavy atom. The first-order valence-electron chi connectivity index (χ1n) is 9.93. The molecule has 2 aliphatic heterocycles. The molecule has 32 heavy (non-hydrogen) atoms. The van der Waals surface area contributed by atoms with Crippen molar-refractivity contribution in [1.29, 1.82) is 0 Å². The second-order valence-electron chi connectivity index (χ2n) is 7.86. The summed E-state index contributed by atoms with van der Waals surface area (Å²) in [4.78, 5) is 39.5. The molecule has 8 heteroatoms. The number of nitrogens with one attached hydrogen (secondary N) is 2. The number of halogens is 2. The number of carbonyl (C=O) groups excluding carboxylic acids is 3. The van der Waals surface area contributed by atoms with Gasteiger partial charge in [0.05, 0.1) is 6.54 Å². The van der Waals surface area contributed by atoms with Crippen LogP contribution in [0, 0.1) is 5.82 Å². The molecule has 0 unspecified atom stereocenters. The third-order valence-electron chi connectivity index (χ3n) is 5.88. The number of amides is 4. The van der Waals surface area contributed by atoms with Crippen LogP contribution in [0.15, 0.2) is 66.7 Å². The molecule has 160 valence electrons. The first kappa shape index (κ1) is 20.2. The normalized spacial score (nSPS) is 19.7. The van der Waals surface area contributed by atoms with Crippen LogP contribution in [0.1, 0.15) is 21.5 Å². The van der Waals surface area contributed by atoms with Gasteiger partial charge < -0.3 is 10.2 Å². The molecule has 1 saturated heterocycles. The van der Waals surface area contributed by atoms with Gasteiger partial charge in [0.1, 0.15) is 5.82 Å². The van der Waals surface area contributed by atoms with Crippen molar-refractivity contribution in [2.24, 2.45) is 0 Å². The molecule has 0 aromatic heterocycles. The maximum atomic E-state index is 13.2. The Morgan fingerprint density at radius 3 is 2.22 bits per heavy atom. The number of benzene rings is 3. The van der Waals surface area contributed by atoms with E-state index in [9.17, 15) is 18.8 Å². The zero-order valence-electron chi connectivity index (χ0n) is 16.7. The van der Waals surface area contributed by atoms with Gasteiger partial charge in [0.2, 0.25) is 0 Å². The van der Waals surface area contributed by atoms with Crippen molar-refractivity contribution in [3.8, 4) is 11.1 Å². The van der Waals surface area contributed by atoms with E-state index in [1.165, 1.54) is 17.0 Å². The van der Waals surface area contributed by atoms with Crippen molar-refractivity contribution in [3.63, 3.8) is 0 Å². The molecule has 0 radical (unpaired) electrons. The Morgan fingerprint density at radius 2 is 1.59 bits per heavy atom. The van der Waals surface area contributed by atoms with E-state index >= 15 is 0 Å². The quantitative estimate of drug-likeness (QED) is 0.594. The summed E-state index contributed by atoms with van der Waals surface area (Å²) >= 11 is 6.03. The second-order valence-corrected chi connectivity index (χ2v) is 8.30. The number of fused-ring (bicyclic) bond motifs is 1. The second kappa shape index (κ2) is 7.46. The van der Waals surface area contributed by atoms with Crippen LogP contribution in [0.4, 0.5) is 9.18 Å². The summed E-state index contributed by atoms with van der Waals surface area (Å²) < 4.78 is 13.2. The number of hydrogen-bond donors (Lipinski definition) is 2. The zero-order chi connectivity index (χ0) is 22.5. The minimum atomic E-state index is -1.43. The van der Waals surface area contributed by atoms with Gasteiger partial charge in [-0.1, -0.05) is 54.1 Å². The van der Waals surface area contributed by atoms with Crippen molar-refractivity contribution >= 4 is 29.4 Å². The summed E-state index contributed by atoms with van der Waals surface area (Å²) in [6, 6.07) is 17.6. The lowest BCUT2D eigenvalue weighted by atomic mass is 9.88. The molecule has 5 rings (SSSR count). The third-order valence-corrected chi connectivity index (χ3v) is 6.11. The molecule has 2 aliphatic rings. The first-order chi connectivity index (χ1) is 15.4. The minimum Gasteiger partial charge on any atom is -0.331 e. The lowest BCUT2D eigenvalue weighted by Crippen LogP contribution is -2.52. The highest BCUT2D eigenvalue weighted by Crippen LogP contribution is 2.33. The van der Waals surface area contributed by atoms with Gasteiger partial charge in [-0.05, 0) is 46.5 Å². The van der Waals surface area contributed by atoms with Gasteiger partial charge >= 0.3 is 6.03 Å². The van der Waals surface area contributed by atoms with Crippen molar-refractivity contribution < 1.29 is 18.8 Å². The number of rotatable bonds is 4. The SMILES string of the molecule is O=C1NC(=O)[C@](CN2Cc3ccc(Cl)cc3C2=O)(c2ccc(-c3ccc(F)cc3)cc2)N1. The maximum Gasteiger partial charge on any atom is 0.322 e. The number of nitrogens with zero attached hydrogens (tertiary/aromatic N) is 1. The lowest BCUT2D eigenvalue weighted by Gasteiger charge is -2.31. The predicted octanol–water partition coefficient (Wildman–Crippen LogP) is 3.84. The van der Waals surface area contributed by atoms with Crippen LogP contribution in [0.3, 0.4) is 0 Å². The molecular formula is C24H17ClFN3O3. The Bertz CT molecular complexity index is 1260. The van der Waals surface area contributed by atoms with Gasteiger partial charge in [-0.2, -0.15) is 0 Å². The summed E-state index contributed by atoms with van der Waals surface area (Å²) in [5, 5.41) is 5.46. The Balaban J connectivity index is 1.48. The monoisotopic (exact) mass is 449 g/mol. The van der Waals surface area contributed by atoms with Gasteiger partial charge in [-0.3, -0.25) is 14.9 Å². The van der Waals surface area contributed by atoms with E-state index in [1.807, 2.05) is 0 Å². The Labute approximate surface area is 188 Å². The number of urea groups is 1. The van der Waals surface area contributed by atoms with Crippen molar-refractivity contribution in [3.05, 3.63) is 94.3 Å². The molecule has 0 saturated carbocycles. The predicted molar refractivity (Wildman–Crippen MR) is 116 cm³/mol. The van der Waals surface area contributed by atoms with Crippen molar-refractivity contribution in [1.82, 2.24) is 15.5 Å². The largest absolute Gasteiger partial charge is 0.331 e. The molecule has 3 aromatic rings. The first-order valence-corrected chi connectivity index (χ1v) is 10.3. The average Bonchev–Trinajstić information content (AvgIpc) is 3.24. The average molecular weight is 450 g/mol.